The van der Waals surface area contributed by atoms with Gasteiger partial charge in [-0.15, -0.1) is 0 Å². The Labute approximate surface area is 281 Å². The van der Waals surface area contributed by atoms with Crippen molar-refractivity contribution in [1.82, 2.24) is 0 Å². The van der Waals surface area contributed by atoms with Crippen LogP contribution in [-0.2, 0) is 28.6 Å². The summed E-state index contributed by atoms with van der Waals surface area (Å²) in [5.74, 6) is -1.50. The van der Waals surface area contributed by atoms with Crippen molar-refractivity contribution in [2.45, 2.75) is 148 Å². The molecule has 0 fully saturated rings. The molecule has 0 aliphatic heterocycles. The number of quaternary nitrogens is 1. The van der Waals surface area contributed by atoms with Crippen LogP contribution in [0.5, 0.6) is 0 Å². The average Bonchev–Trinajstić information content (AvgIpc) is 3.00. The number of unbranched alkanes of at least 4 members (excludes halogenated alkanes) is 13. The molecule has 1 N–H and O–H groups in total. The molecule has 0 radical (unpaired) electrons. The fourth-order valence-corrected chi connectivity index (χ4v) is 5.03. The first-order chi connectivity index (χ1) is 22.1. The van der Waals surface area contributed by atoms with Gasteiger partial charge in [-0.25, -0.2) is 4.79 Å². The Bertz CT molecular complexity index is 860. The quantitative estimate of drug-likeness (QED) is 0.0347. The zero-order valence-corrected chi connectivity index (χ0v) is 30.0. The lowest BCUT2D eigenvalue weighted by molar-refractivity contribution is -0.887. The number of carbonyl (C=O) groups is 3. The van der Waals surface area contributed by atoms with Crippen molar-refractivity contribution in [3.8, 4) is 0 Å². The molecule has 2 atom stereocenters. The second-order valence-corrected chi connectivity index (χ2v) is 13.2. The van der Waals surface area contributed by atoms with Crippen molar-refractivity contribution in [2.24, 2.45) is 0 Å². The minimum atomic E-state index is -0.881. The largest absolute Gasteiger partial charge is 0.477 e. The highest BCUT2D eigenvalue weighted by Gasteiger charge is 2.31. The first-order valence-corrected chi connectivity index (χ1v) is 18.1. The molecule has 0 aliphatic carbocycles. The maximum atomic E-state index is 12.6. The number of rotatable bonds is 31. The molecule has 0 amide bonds. The Hall–Kier alpha value is -2.45. The highest BCUT2D eigenvalue weighted by atomic mass is 16.6. The van der Waals surface area contributed by atoms with Crippen molar-refractivity contribution in [3.05, 3.63) is 36.5 Å². The summed E-state index contributed by atoms with van der Waals surface area (Å²) in [4.78, 5) is 36.6. The lowest BCUT2D eigenvalue weighted by atomic mass is 10.1. The maximum Gasteiger partial charge on any atom is 0.362 e. The van der Waals surface area contributed by atoms with Crippen LogP contribution in [0.4, 0.5) is 0 Å². The molecular formula is C38H68NO7+. The number of esters is 2. The number of hydrogen-bond donors (Lipinski definition) is 1. The van der Waals surface area contributed by atoms with Gasteiger partial charge in [-0.3, -0.25) is 9.59 Å². The maximum absolute atomic E-state index is 12.6. The first kappa shape index (κ1) is 43.5. The van der Waals surface area contributed by atoms with Crippen LogP contribution in [0.2, 0.25) is 0 Å². The van der Waals surface area contributed by atoms with E-state index in [4.69, 9.17) is 14.2 Å². The Morgan fingerprint density at radius 1 is 0.674 bits per heavy atom. The minimum Gasteiger partial charge on any atom is -0.477 e. The molecule has 0 aromatic heterocycles. The zero-order valence-electron chi connectivity index (χ0n) is 30.0. The van der Waals surface area contributed by atoms with Crippen molar-refractivity contribution < 1.29 is 38.2 Å². The van der Waals surface area contributed by atoms with Crippen LogP contribution < -0.4 is 0 Å². The van der Waals surface area contributed by atoms with Gasteiger partial charge in [0.15, 0.2) is 12.1 Å². The number of carboxylic acids is 1. The lowest BCUT2D eigenvalue weighted by Crippen LogP contribution is -2.50. The summed E-state index contributed by atoms with van der Waals surface area (Å²) < 4.78 is 17.1. The molecule has 0 heterocycles. The van der Waals surface area contributed by atoms with Crippen LogP contribution in [0.25, 0.3) is 0 Å². The molecular weight excluding hydrogens is 582 g/mol. The smallest absolute Gasteiger partial charge is 0.362 e. The van der Waals surface area contributed by atoms with Crippen molar-refractivity contribution in [3.63, 3.8) is 0 Å². The van der Waals surface area contributed by atoms with E-state index in [0.29, 0.717) is 19.3 Å². The fourth-order valence-electron chi connectivity index (χ4n) is 5.03. The van der Waals surface area contributed by atoms with Crippen molar-refractivity contribution >= 4 is 17.9 Å². The molecule has 46 heavy (non-hydrogen) atoms. The summed E-state index contributed by atoms with van der Waals surface area (Å²) in [5.41, 5.74) is 0. The number of nitrogens with zero attached hydrogens (tertiary/aromatic N) is 1. The van der Waals surface area contributed by atoms with Crippen molar-refractivity contribution in [1.29, 1.82) is 0 Å². The van der Waals surface area contributed by atoms with Gasteiger partial charge < -0.3 is 23.8 Å². The summed E-state index contributed by atoms with van der Waals surface area (Å²) in [6.07, 6.45) is 30.4. The molecule has 0 rings (SSSR count). The zero-order chi connectivity index (χ0) is 34.3. The number of likely N-dealkylation sites (N-methyl/N-ethyl adjacent to an activating group) is 1. The van der Waals surface area contributed by atoms with Gasteiger partial charge >= 0.3 is 17.9 Å². The van der Waals surface area contributed by atoms with E-state index < -0.39 is 18.1 Å². The first-order valence-electron chi connectivity index (χ1n) is 18.1. The molecule has 2 unspecified atom stereocenters. The van der Waals surface area contributed by atoms with Gasteiger partial charge in [0, 0.05) is 19.3 Å². The summed E-state index contributed by atoms with van der Waals surface area (Å²) in [6, 6.07) is -0.615. The standard InChI is InChI=1S/C38H67NO7/c1-6-8-10-12-14-16-17-18-19-21-23-25-27-29-37(41)46-34(32-44-31-30-35(38(42)43)39(3,4)5)33-45-36(40)28-26-24-22-20-15-13-11-9-7-2/h8,10,12,14,16-17,34-35H,6-7,9,11,13,15,18-33H2,1-5H3/p+1/b10-8+,14-12+,17-16+. The SMILES string of the molecule is CC/C=C/C=C/C=C/CCCCCCCC(=O)OC(COCCC(C(=O)O)[N+](C)(C)C)COC(=O)CCCCCCCCCCC. The van der Waals surface area contributed by atoms with E-state index >= 15 is 0 Å². The van der Waals surface area contributed by atoms with E-state index in [-0.39, 0.29) is 36.2 Å². The molecule has 8 nitrogen and oxygen atoms in total. The highest BCUT2D eigenvalue weighted by molar-refractivity contribution is 5.72. The van der Waals surface area contributed by atoms with Gasteiger partial charge in [-0.05, 0) is 32.1 Å². The van der Waals surface area contributed by atoms with Gasteiger partial charge in [-0.1, -0.05) is 121 Å². The normalized spacial score (nSPS) is 13.5. The second kappa shape index (κ2) is 29.9. The monoisotopic (exact) mass is 650 g/mol. The van der Waals surface area contributed by atoms with E-state index in [9.17, 15) is 19.5 Å². The Morgan fingerprint density at radius 3 is 1.78 bits per heavy atom. The van der Waals surface area contributed by atoms with Crippen LogP contribution in [0.15, 0.2) is 36.5 Å². The summed E-state index contributed by atoms with van der Waals surface area (Å²) in [6.45, 7) is 4.54. The van der Waals surface area contributed by atoms with Crippen LogP contribution in [-0.4, -0.2) is 80.6 Å². The van der Waals surface area contributed by atoms with E-state index in [2.05, 4.69) is 38.2 Å². The van der Waals surface area contributed by atoms with Crippen LogP contribution in [0.3, 0.4) is 0 Å². The molecule has 0 aliphatic rings. The molecule has 8 heteroatoms. The van der Waals surface area contributed by atoms with Gasteiger partial charge in [0.05, 0.1) is 34.4 Å². The van der Waals surface area contributed by atoms with E-state index in [1.54, 1.807) is 0 Å². The van der Waals surface area contributed by atoms with Crippen LogP contribution in [0.1, 0.15) is 136 Å². The van der Waals surface area contributed by atoms with Gasteiger partial charge in [0.1, 0.15) is 6.61 Å². The fraction of sp³-hybridized carbons (Fsp3) is 0.763. The summed E-state index contributed by atoms with van der Waals surface area (Å²) in [7, 11) is 5.50. The molecule has 0 aromatic rings. The molecule has 0 aromatic carbocycles. The third-order valence-corrected chi connectivity index (χ3v) is 7.87. The number of aliphatic carboxylic acids is 1. The number of carboxylic acid groups (broad SMARTS) is 1. The predicted molar refractivity (Wildman–Crippen MR) is 188 cm³/mol. The highest BCUT2D eigenvalue weighted by Crippen LogP contribution is 2.13. The molecule has 266 valence electrons. The number of hydrogen-bond acceptors (Lipinski definition) is 6. The van der Waals surface area contributed by atoms with E-state index in [1.165, 1.54) is 38.5 Å². The third-order valence-electron chi connectivity index (χ3n) is 7.87. The van der Waals surface area contributed by atoms with Crippen molar-refractivity contribution in [2.75, 3.05) is 41.0 Å². The molecule has 0 saturated heterocycles. The summed E-state index contributed by atoms with van der Waals surface area (Å²) >= 11 is 0. The average molecular weight is 651 g/mol. The molecule has 0 saturated carbocycles. The molecule has 0 spiro atoms. The Morgan fingerprint density at radius 2 is 1.22 bits per heavy atom. The van der Waals surface area contributed by atoms with Gasteiger partial charge in [0.25, 0.3) is 0 Å². The predicted octanol–water partition coefficient (Wildman–Crippen LogP) is 8.74. The van der Waals surface area contributed by atoms with Crippen LogP contribution >= 0.6 is 0 Å². The van der Waals surface area contributed by atoms with E-state index in [1.807, 2.05) is 33.3 Å². The van der Waals surface area contributed by atoms with Crippen LogP contribution in [0, 0.1) is 0 Å². The number of ether oxygens (including phenoxy) is 3. The topological polar surface area (TPSA) is 99.1 Å². The number of allylic oxidation sites excluding steroid dienone is 6. The minimum absolute atomic E-state index is 0.0537. The summed E-state index contributed by atoms with van der Waals surface area (Å²) in [5, 5.41) is 9.56. The molecule has 0 bridgehead atoms. The van der Waals surface area contributed by atoms with Gasteiger partial charge in [-0.2, -0.15) is 0 Å². The third kappa shape index (κ3) is 27.8. The Kier molecular flexibility index (Phi) is 28.3. The Balaban J connectivity index is 4.49. The second-order valence-electron chi connectivity index (χ2n) is 13.2. The van der Waals surface area contributed by atoms with Gasteiger partial charge in [0.2, 0.25) is 0 Å². The number of carbonyl (C=O) groups excluding carboxylic acids is 2. The lowest BCUT2D eigenvalue weighted by Gasteiger charge is -2.31. The van der Waals surface area contributed by atoms with E-state index in [0.717, 1.165) is 64.2 Å².